The number of hydrogen-bond acceptors (Lipinski definition) is 3. The maximum atomic E-state index is 12.3. The molecule has 0 unspecified atom stereocenters. The summed E-state index contributed by atoms with van der Waals surface area (Å²) in [7, 11) is 0. The molecular weight excluding hydrogens is 330 g/mol. The molecule has 2 aliphatic heterocycles. The lowest BCUT2D eigenvalue weighted by Gasteiger charge is -2.25. The maximum absolute atomic E-state index is 12.3. The summed E-state index contributed by atoms with van der Waals surface area (Å²) in [5.41, 5.74) is 5.19. The molecule has 132 valence electrons. The Balaban J connectivity index is 1.51. The number of hydrogen-bond donors (Lipinski definition) is 2. The Hall–Kier alpha value is -3.15. The molecule has 2 N–H and O–H groups in total. The second-order valence-electron chi connectivity index (χ2n) is 6.66. The van der Waals surface area contributed by atoms with Crippen molar-refractivity contribution in [3.63, 3.8) is 0 Å². The molecule has 0 aromatic heterocycles. The average molecular weight is 349 g/mol. The van der Waals surface area contributed by atoms with Crippen molar-refractivity contribution in [2.24, 2.45) is 0 Å². The summed E-state index contributed by atoms with van der Waals surface area (Å²) in [5, 5.41) is 5.31. The molecule has 26 heavy (non-hydrogen) atoms. The Morgan fingerprint density at radius 1 is 0.962 bits per heavy atom. The normalized spacial score (nSPS) is 14.8. The number of nitrogens with zero attached hydrogens (tertiary/aromatic N) is 1. The highest BCUT2D eigenvalue weighted by atomic mass is 16.2. The molecule has 0 saturated carbocycles. The molecule has 4 rings (SSSR count). The number of nitrogens with one attached hydrogen (secondary N) is 2. The highest BCUT2D eigenvalue weighted by Gasteiger charge is 2.31. The number of anilines is 3. The van der Waals surface area contributed by atoms with Crippen molar-refractivity contribution in [1.29, 1.82) is 0 Å². The largest absolute Gasteiger partial charge is 0.318 e. The molecule has 6 heteroatoms. The summed E-state index contributed by atoms with van der Waals surface area (Å²) < 4.78 is 0. The third-order valence-corrected chi connectivity index (χ3v) is 4.91. The van der Waals surface area contributed by atoms with E-state index in [1.807, 2.05) is 36.1 Å². The fourth-order valence-corrected chi connectivity index (χ4v) is 3.61. The predicted octanol–water partition coefficient (Wildman–Crippen LogP) is 2.41. The third-order valence-electron chi connectivity index (χ3n) is 4.91. The van der Waals surface area contributed by atoms with Crippen LogP contribution in [0.5, 0.6) is 0 Å². The van der Waals surface area contributed by atoms with Crippen molar-refractivity contribution < 1.29 is 14.4 Å². The standard InChI is InChI=1S/C20H19N3O3/c1-12-4-2-3-5-16(12)22-20(26)19(25)21-15-10-13-6-7-17(24)23-9-8-14(11-15)18(13)23/h2-5,10-11H,6-9H2,1H3,(H,21,25)(H,22,26). The summed E-state index contributed by atoms with van der Waals surface area (Å²) >= 11 is 0. The van der Waals surface area contributed by atoms with Crippen molar-refractivity contribution in [2.45, 2.75) is 26.2 Å². The monoisotopic (exact) mass is 349 g/mol. The molecule has 0 spiro atoms. The van der Waals surface area contributed by atoms with Crippen LogP contribution in [-0.2, 0) is 27.2 Å². The summed E-state index contributed by atoms with van der Waals surface area (Å²) in [5.74, 6) is -1.25. The van der Waals surface area contributed by atoms with Crippen LogP contribution in [0.4, 0.5) is 17.1 Å². The van der Waals surface area contributed by atoms with Gasteiger partial charge in [0.25, 0.3) is 0 Å². The fraction of sp³-hybridized carbons (Fsp3) is 0.250. The first-order valence-electron chi connectivity index (χ1n) is 8.67. The van der Waals surface area contributed by atoms with Gasteiger partial charge in [-0.1, -0.05) is 18.2 Å². The van der Waals surface area contributed by atoms with E-state index in [0.717, 1.165) is 28.8 Å². The van der Waals surface area contributed by atoms with Crippen LogP contribution < -0.4 is 15.5 Å². The van der Waals surface area contributed by atoms with Crippen molar-refractivity contribution in [3.05, 3.63) is 53.1 Å². The van der Waals surface area contributed by atoms with E-state index in [1.165, 1.54) is 0 Å². The number of amides is 3. The molecule has 0 bridgehead atoms. The first kappa shape index (κ1) is 16.3. The zero-order valence-corrected chi connectivity index (χ0v) is 14.5. The van der Waals surface area contributed by atoms with Crippen LogP contribution in [0.2, 0.25) is 0 Å². The first-order chi connectivity index (χ1) is 12.5. The number of aryl methyl sites for hydroxylation is 2. The van der Waals surface area contributed by atoms with Crippen LogP contribution in [0, 0.1) is 6.92 Å². The minimum Gasteiger partial charge on any atom is -0.318 e. The molecule has 3 amide bonds. The summed E-state index contributed by atoms with van der Waals surface area (Å²) in [4.78, 5) is 38.3. The highest BCUT2D eigenvalue weighted by Crippen LogP contribution is 2.38. The van der Waals surface area contributed by atoms with E-state index < -0.39 is 11.8 Å². The van der Waals surface area contributed by atoms with Gasteiger partial charge in [0.15, 0.2) is 0 Å². The Morgan fingerprint density at radius 3 is 2.42 bits per heavy atom. The lowest BCUT2D eigenvalue weighted by molar-refractivity contribution is -0.133. The first-order valence-corrected chi connectivity index (χ1v) is 8.67. The van der Waals surface area contributed by atoms with Crippen LogP contribution in [0.25, 0.3) is 0 Å². The zero-order chi connectivity index (χ0) is 18.3. The molecular formula is C20H19N3O3. The minimum atomic E-state index is -0.706. The van der Waals surface area contributed by atoms with Crippen LogP contribution in [0.1, 0.15) is 23.1 Å². The second-order valence-corrected chi connectivity index (χ2v) is 6.66. The lowest BCUT2D eigenvalue weighted by Crippen LogP contribution is -2.33. The van der Waals surface area contributed by atoms with Crippen LogP contribution in [0.15, 0.2) is 36.4 Å². The van der Waals surface area contributed by atoms with E-state index in [4.69, 9.17) is 0 Å². The van der Waals surface area contributed by atoms with Gasteiger partial charge in [-0.3, -0.25) is 14.4 Å². The predicted molar refractivity (Wildman–Crippen MR) is 99.3 cm³/mol. The summed E-state index contributed by atoms with van der Waals surface area (Å²) in [6, 6.07) is 11.0. The number of carbonyl (C=O) groups excluding carboxylic acids is 3. The van der Waals surface area contributed by atoms with E-state index in [2.05, 4.69) is 10.6 Å². The molecule has 2 heterocycles. The smallest absolute Gasteiger partial charge is 0.314 e. The van der Waals surface area contributed by atoms with Gasteiger partial charge in [0.05, 0.1) is 5.69 Å². The van der Waals surface area contributed by atoms with E-state index in [1.54, 1.807) is 12.1 Å². The number of carbonyl (C=O) groups is 3. The topological polar surface area (TPSA) is 78.5 Å². The average Bonchev–Trinajstić information content (AvgIpc) is 3.05. The van der Waals surface area contributed by atoms with Gasteiger partial charge in [-0.25, -0.2) is 0 Å². The van der Waals surface area contributed by atoms with Gasteiger partial charge in [0.1, 0.15) is 0 Å². The van der Waals surface area contributed by atoms with Crippen molar-refractivity contribution in [1.82, 2.24) is 0 Å². The molecule has 0 aliphatic carbocycles. The SMILES string of the molecule is Cc1ccccc1NC(=O)C(=O)Nc1cc2c3c(c1)CCN3C(=O)CC2. The second kappa shape index (κ2) is 6.29. The Kier molecular flexibility index (Phi) is 3.95. The van der Waals surface area contributed by atoms with Gasteiger partial charge in [-0.15, -0.1) is 0 Å². The maximum Gasteiger partial charge on any atom is 0.314 e. The Morgan fingerprint density at radius 2 is 1.65 bits per heavy atom. The van der Waals surface area contributed by atoms with Crippen molar-refractivity contribution in [3.8, 4) is 0 Å². The molecule has 2 aromatic rings. The van der Waals surface area contributed by atoms with Crippen molar-refractivity contribution >= 4 is 34.8 Å². The lowest BCUT2D eigenvalue weighted by atomic mass is 9.98. The van der Waals surface area contributed by atoms with Crippen LogP contribution >= 0.6 is 0 Å². The van der Waals surface area contributed by atoms with E-state index in [-0.39, 0.29) is 5.91 Å². The Bertz CT molecular complexity index is 936. The van der Waals surface area contributed by atoms with Crippen LogP contribution in [-0.4, -0.2) is 24.3 Å². The van der Waals surface area contributed by atoms with Crippen molar-refractivity contribution in [2.75, 3.05) is 22.1 Å². The highest BCUT2D eigenvalue weighted by molar-refractivity contribution is 6.43. The molecule has 0 atom stereocenters. The van der Waals surface area contributed by atoms with Crippen LogP contribution in [0.3, 0.4) is 0 Å². The number of rotatable bonds is 2. The molecule has 0 radical (unpaired) electrons. The molecule has 2 aromatic carbocycles. The fourth-order valence-electron chi connectivity index (χ4n) is 3.61. The van der Waals surface area contributed by atoms with Gasteiger partial charge >= 0.3 is 11.8 Å². The molecule has 6 nitrogen and oxygen atoms in total. The summed E-state index contributed by atoms with van der Waals surface area (Å²) in [6.45, 7) is 2.55. The van der Waals surface area contributed by atoms with E-state index in [0.29, 0.717) is 30.8 Å². The Labute approximate surface area is 151 Å². The van der Waals surface area contributed by atoms with Gasteiger partial charge in [-0.05, 0) is 54.7 Å². The van der Waals surface area contributed by atoms with Gasteiger partial charge < -0.3 is 15.5 Å². The van der Waals surface area contributed by atoms with Gasteiger partial charge in [-0.2, -0.15) is 0 Å². The van der Waals surface area contributed by atoms with Gasteiger partial charge in [0, 0.05) is 24.3 Å². The minimum absolute atomic E-state index is 0.158. The molecule has 0 fully saturated rings. The molecule has 2 aliphatic rings. The van der Waals surface area contributed by atoms with E-state index >= 15 is 0 Å². The quantitative estimate of drug-likeness (QED) is 0.817. The van der Waals surface area contributed by atoms with Gasteiger partial charge in [0.2, 0.25) is 5.91 Å². The zero-order valence-electron chi connectivity index (χ0n) is 14.5. The third kappa shape index (κ3) is 2.83. The molecule has 0 saturated heterocycles. The summed E-state index contributed by atoms with van der Waals surface area (Å²) in [6.07, 6.45) is 1.92. The number of para-hydroxylation sites is 1. The van der Waals surface area contributed by atoms with E-state index in [9.17, 15) is 14.4 Å². The number of benzene rings is 2.